The van der Waals surface area contributed by atoms with Gasteiger partial charge in [-0.05, 0) is 41.5 Å². The molecule has 2 heterocycles. The van der Waals surface area contributed by atoms with E-state index in [1.807, 2.05) is 42.5 Å². The molecule has 0 bridgehead atoms. The fourth-order valence-electron chi connectivity index (χ4n) is 3.47. The summed E-state index contributed by atoms with van der Waals surface area (Å²) in [6.45, 7) is 0. The number of benzene rings is 2. The van der Waals surface area contributed by atoms with Gasteiger partial charge in [0.15, 0.2) is 17.1 Å². The summed E-state index contributed by atoms with van der Waals surface area (Å²) in [5.74, 6) is 2.89. The van der Waals surface area contributed by atoms with Gasteiger partial charge in [0, 0.05) is 11.6 Å². The van der Waals surface area contributed by atoms with Crippen LogP contribution in [-0.2, 0) is 0 Å². The van der Waals surface area contributed by atoms with E-state index in [0.717, 1.165) is 16.7 Å². The third-order valence-electron chi connectivity index (χ3n) is 5.01. The van der Waals surface area contributed by atoms with Crippen LogP contribution in [0, 0.1) is 0 Å². The molecule has 0 amide bonds. The lowest BCUT2D eigenvalue weighted by molar-refractivity contribution is 0.355. The Morgan fingerprint density at radius 2 is 1.48 bits per heavy atom. The summed E-state index contributed by atoms with van der Waals surface area (Å²) in [4.78, 5) is 13.2. The predicted octanol–water partition coefficient (Wildman–Crippen LogP) is 3.98. The van der Waals surface area contributed by atoms with Crippen LogP contribution in [0.5, 0.6) is 23.0 Å². The molecule has 2 aromatic heterocycles. The molecule has 0 aliphatic heterocycles. The summed E-state index contributed by atoms with van der Waals surface area (Å²) in [5, 5.41) is 0.658. The van der Waals surface area contributed by atoms with Crippen LogP contribution in [-0.4, -0.2) is 43.4 Å². The monoisotopic (exact) mass is 418 g/mol. The Kier molecular flexibility index (Phi) is 5.44. The number of ether oxygens (including phenoxy) is 4. The number of hydrogen-bond acceptors (Lipinski definition) is 8. The Hall–Kier alpha value is -4.07. The highest BCUT2D eigenvalue weighted by molar-refractivity contribution is 6.01. The summed E-state index contributed by atoms with van der Waals surface area (Å²) in [7, 11) is 6.41. The van der Waals surface area contributed by atoms with Crippen molar-refractivity contribution >= 4 is 16.9 Å². The zero-order valence-corrected chi connectivity index (χ0v) is 17.7. The second-order valence-corrected chi connectivity index (χ2v) is 6.65. The first-order chi connectivity index (χ1) is 15.1. The summed E-state index contributed by atoms with van der Waals surface area (Å²) < 4.78 is 21.7. The zero-order valence-electron chi connectivity index (χ0n) is 17.7. The van der Waals surface area contributed by atoms with Crippen LogP contribution in [0.2, 0.25) is 0 Å². The van der Waals surface area contributed by atoms with E-state index in [4.69, 9.17) is 29.7 Å². The maximum absolute atomic E-state index is 6.22. The molecule has 0 unspecified atom stereocenters. The molecule has 0 aliphatic carbocycles. The van der Waals surface area contributed by atoms with Crippen LogP contribution < -0.4 is 24.7 Å². The van der Waals surface area contributed by atoms with Gasteiger partial charge in [-0.15, -0.1) is 0 Å². The average molecular weight is 418 g/mol. The zero-order chi connectivity index (χ0) is 22.0. The molecule has 0 aliphatic rings. The molecule has 158 valence electrons. The van der Waals surface area contributed by atoms with E-state index in [9.17, 15) is 0 Å². The number of rotatable bonds is 6. The molecule has 4 aromatic rings. The molecule has 0 saturated heterocycles. The molecule has 8 heteroatoms. The molecule has 0 atom stereocenters. The molecule has 0 fully saturated rings. The largest absolute Gasteiger partial charge is 0.497 e. The first-order valence-electron chi connectivity index (χ1n) is 9.45. The Morgan fingerprint density at radius 3 is 2.19 bits per heavy atom. The van der Waals surface area contributed by atoms with Gasteiger partial charge >= 0.3 is 0 Å². The lowest BCUT2D eigenvalue weighted by atomic mass is 9.99. The number of fused-ring (bicyclic) bond motifs is 1. The quantitative estimate of drug-likeness (QED) is 0.502. The van der Waals surface area contributed by atoms with Gasteiger partial charge < -0.3 is 24.7 Å². The smallest absolute Gasteiger partial charge is 0.165 e. The van der Waals surface area contributed by atoms with Crippen LogP contribution in [0.15, 0.2) is 48.8 Å². The van der Waals surface area contributed by atoms with Crippen molar-refractivity contribution in [1.29, 1.82) is 0 Å². The first-order valence-corrected chi connectivity index (χ1v) is 9.45. The number of methoxy groups -OCH3 is 4. The molecule has 8 nitrogen and oxygen atoms in total. The van der Waals surface area contributed by atoms with Gasteiger partial charge in [0.05, 0.1) is 39.5 Å². The molecular formula is C23H22N4O4. The third kappa shape index (κ3) is 3.63. The van der Waals surface area contributed by atoms with E-state index < -0.39 is 0 Å². The lowest BCUT2D eigenvalue weighted by Crippen LogP contribution is -2.00. The van der Waals surface area contributed by atoms with Gasteiger partial charge in [-0.25, -0.2) is 15.0 Å². The second kappa shape index (κ2) is 8.35. The normalized spacial score (nSPS) is 10.7. The predicted molar refractivity (Wildman–Crippen MR) is 119 cm³/mol. The summed E-state index contributed by atoms with van der Waals surface area (Å²) in [6, 6.07) is 13.2. The summed E-state index contributed by atoms with van der Waals surface area (Å²) >= 11 is 0. The maximum Gasteiger partial charge on any atom is 0.165 e. The van der Waals surface area contributed by atoms with Crippen LogP contribution >= 0.6 is 0 Å². The van der Waals surface area contributed by atoms with E-state index in [-0.39, 0.29) is 0 Å². The Morgan fingerprint density at radius 1 is 0.710 bits per heavy atom. The van der Waals surface area contributed by atoms with Crippen LogP contribution in [0.3, 0.4) is 0 Å². The summed E-state index contributed by atoms with van der Waals surface area (Å²) in [5.41, 5.74) is 9.84. The number of nitrogen functional groups attached to an aromatic ring is 1. The van der Waals surface area contributed by atoms with Crippen molar-refractivity contribution in [3.8, 4) is 45.4 Å². The van der Waals surface area contributed by atoms with E-state index in [2.05, 4.69) is 9.97 Å². The van der Waals surface area contributed by atoms with E-state index in [1.54, 1.807) is 28.4 Å². The van der Waals surface area contributed by atoms with Crippen LogP contribution in [0.1, 0.15) is 0 Å². The van der Waals surface area contributed by atoms with Gasteiger partial charge in [-0.2, -0.15) is 0 Å². The Bertz CT molecular complexity index is 1260. The number of nitrogens with two attached hydrogens (primary N) is 1. The highest BCUT2D eigenvalue weighted by Crippen LogP contribution is 2.40. The molecule has 0 saturated carbocycles. The number of anilines is 1. The average Bonchev–Trinajstić information content (AvgIpc) is 2.82. The first kappa shape index (κ1) is 20.2. The van der Waals surface area contributed by atoms with Crippen molar-refractivity contribution in [3.05, 3.63) is 48.8 Å². The molecule has 0 spiro atoms. The van der Waals surface area contributed by atoms with Gasteiger partial charge in [0.2, 0.25) is 0 Å². The number of hydrogen-bond donors (Lipinski definition) is 1. The standard InChI is InChI=1S/C23H22N4O4/c1-28-14-6-7-15(19(10-14)30-3)17-11-16(21-22(24)25-12-26-23(21)27-17)13-5-8-18(29-2)20(9-13)31-4/h5-12H,1-4H3,(H2,24,25,26,27). The van der Waals surface area contributed by atoms with Crippen LogP contribution in [0.25, 0.3) is 33.4 Å². The Labute approximate surface area is 179 Å². The van der Waals surface area contributed by atoms with Crippen LogP contribution in [0.4, 0.5) is 5.82 Å². The SMILES string of the molecule is COc1ccc(-c2cc(-c3ccc(OC)c(OC)c3)c3c(N)ncnc3n2)c(OC)c1. The maximum atomic E-state index is 6.22. The van der Waals surface area contributed by atoms with E-state index >= 15 is 0 Å². The molecule has 0 radical (unpaired) electrons. The topological polar surface area (TPSA) is 102 Å². The molecule has 31 heavy (non-hydrogen) atoms. The third-order valence-corrected chi connectivity index (χ3v) is 5.01. The number of pyridine rings is 1. The van der Waals surface area contributed by atoms with Gasteiger partial charge in [0.1, 0.15) is 23.6 Å². The second-order valence-electron chi connectivity index (χ2n) is 6.65. The number of aromatic nitrogens is 3. The minimum atomic E-state index is 0.343. The van der Waals surface area contributed by atoms with E-state index in [1.165, 1.54) is 6.33 Å². The van der Waals surface area contributed by atoms with Crippen molar-refractivity contribution in [3.63, 3.8) is 0 Å². The lowest BCUT2D eigenvalue weighted by Gasteiger charge is -2.15. The minimum absolute atomic E-state index is 0.343. The van der Waals surface area contributed by atoms with Gasteiger partial charge in [-0.1, -0.05) is 6.07 Å². The van der Waals surface area contributed by atoms with Crippen molar-refractivity contribution in [2.45, 2.75) is 0 Å². The Balaban J connectivity index is 2.00. The van der Waals surface area contributed by atoms with Crippen molar-refractivity contribution in [2.24, 2.45) is 0 Å². The van der Waals surface area contributed by atoms with E-state index in [0.29, 0.717) is 45.5 Å². The molecule has 2 aromatic carbocycles. The molecule has 2 N–H and O–H groups in total. The number of nitrogens with zero attached hydrogens (tertiary/aromatic N) is 3. The van der Waals surface area contributed by atoms with Crippen molar-refractivity contribution < 1.29 is 18.9 Å². The highest BCUT2D eigenvalue weighted by atomic mass is 16.5. The minimum Gasteiger partial charge on any atom is -0.497 e. The summed E-state index contributed by atoms with van der Waals surface area (Å²) in [6.07, 6.45) is 1.40. The van der Waals surface area contributed by atoms with Gasteiger partial charge in [-0.3, -0.25) is 0 Å². The molecular weight excluding hydrogens is 396 g/mol. The van der Waals surface area contributed by atoms with Gasteiger partial charge in [0.25, 0.3) is 0 Å². The van der Waals surface area contributed by atoms with Crippen molar-refractivity contribution in [2.75, 3.05) is 34.2 Å². The fraction of sp³-hybridized carbons (Fsp3) is 0.174. The fourth-order valence-corrected chi connectivity index (χ4v) is 3.47. The van der Waals surface area contributed by atoms with Crippen molar-refractivity contribution in [1.82, 2.24) is 15.0 Å². The molecule has 4 rings (SSSR count). The highest BCUT2D eigenvalue weighted by Gasteiger charge is 2.17.